The van der Waals surface area contributed by atoms with E-state index in [0.717, 1.165) is 4.90 Å². The number of hydrogen-bond donors (Lipinski definition) is 10. The Morgan fingerprint density at radius 1 is 0.818 bits per heavy atom. The van der Waals surface area contributed by atoms with Crippen molar-refractivity contribution < 1.29 is 58.5 Å². The highest BCUT2D eigenvalue weighted by atomic mass is 16.4. The van der Waals surface area contributed by atoms with Gasteiger partial charge in [-0.2, -0.15) is 0 Å². The van der Waals surface area contributed by atoms with Crippen molar-refractivity contribution in [2.75, 3.05) is 19.7 Å². The molecule has 20 heteroatoms. The number of rotatable bonds is 19. The highest BCUT2D eigenvalue weighted by Crippen LogP contribution is 2.20. The first-order valence-electron chi connectivity index (χ1n) is 13.4. The minimum Gasteiger partial charge on any atom is -0.481 e. The summed E-state index contributed by atoms with van der Waals surface area (Å²) in [7, 11) is 0. The zero-order valence-electron chi connectivity index (χ0n) is 23.7. The van der Waals surface area contributed by atoms with Crippen LogP contribution in [0.2, 0.25) is 0 Å². The number of carbonyl (C=O) groups is 9. The fourth-order valence-corrected chi connectivity index (χ4v) is 4.14. The predicted molar refractivity (Wildman–Crippen MR) is 145 cm³/mol. The molecule has 0 unspecified atom stereocenters. The largest absolute Gasteiger partial charge is 0.481 e. The Hall–Kier alpha value is -4.85. The summed E-state index contributed by atoms with van der Waals surface area (Å²) in [6.45, 7) is -1.62. The molecule has 1 rings (SSSR count). The molecule has 0 saturated carbocycles. The van der Waals surface area contributed by atoms with E-state index in [4.69, 9.17) is 22.3 Å². The number of carboxylic acid groups (broad SMARTS) is 2. The van der Waals surface area contributed by atoms with Crippen LogP contribution in [0.4, 0.5) is 0 Å². The number of carbonyl (C=O) groups excluding carboxylic acids is 7. The van der Waals surface area contributed by atoms with Gasteiger partial charge in [0.05, 0.1) is 25.6 Å². The van der Waals surface area contributed by atoms with Crippen LogP contribution in [0.3, 0.4) is 0 Å². The Labute approximate surface area is 250 Å². The molecule has 0 aromatic heterocycles. The lowest BCUT2D eigenvalue weighted by Gasteiger charge is -2.29. The summed E-state index contributed by atoms with van der Waals surface area (Å²) in [5.41, 5.74) is 15.8. The molecule has 0 radical (unpaired) electrons. The zero-order valence-corrected chi connectivity index (χ0v) is 23.7. The van der Waals surface area contributed by atoms with Gasteiger partial charge in [0.25, 0.3) is 0 Å². The summed E-state index contributed by atoms with van der Waals surface area (Å²) in [5.74, 6) is -9.06. The number of nitrogens with zero attached hydrogens (tertiary/aromatic N) is 1. The number of aliphatic carboxylic acids is 2. The van der Waals surface area contributed by atoms with E-state index in [1.165, 1.54) is 0 Å². The van der Waals surface area contributed by atoms with Crippen molar-refractivity contribution >= 4 is 53.3 Å². The van der Waals surface area contributed by atoms with E-state index in [1.807, 2.05) is 0 Å². The van der Waals surface area contributed by atoms with E-state index in [-0.39, 0.29) is 32.2 Å². The number of amides is 7. The Morgan fingerprint density at radius 2 is 1.48 bits per heavy atom. The number of aliphatic hydroxyl groups excluding tert-OH is 1. The van der Waals surface area contributed by atoms with E-state index in [0.29, 0.717) is 6.42 Å². The summed E-state index contributed by atoms with van der Waals surface area (Å²) in [5, 5.41) is 36.2. The molecule has 0 aliphatic carbocycles. The molecule has 1 fully saturated rings. The molecule has 0 bridgehead atoms. The highest BCUT2D eigenvalue weighted by Gasteiger charge is 2.39. The minimum atomic E-state index is -1.64. The van der Waals surface area contributed by atoms with E-state index >= 15 is 0 Å². The molecular formula is C24H38N8O12. The van der Waals surface area contributed by atoms with E-state index < -0.39 is 109 Å². The number of aliphatic hydroxyl groups is 1. The molecule has 20 nitrogen and oxygen atoms in total. The molecule has 1 aliphatic heterocycles. The SMILES string of the molecule is NC(=O)CC[C@H](NC(=O)CNC(=O)[C@H](CO)NC(=O)[C@@H](N)CCC(=O)O)C(=O)N1CCC[C@H]1C(=O)N[C@@H](CC(N)=O)C(=O)O. The Morgan fingerprint density at radius 3 is 2.02 bits per heavy atom. The van der Waals surface area contributed by atoms with Crippen LogP contribution in [0.15, 0.2) is 0 Å². The van der Waals surface area contributed by atoms with Crippen molar-refractivity contribution in [2.24, 2.45) is 17.2 Å². The Kier molecular flexibility index (Phi) is 15.2. The van der Waals surface area contributed by atoms with Crippen molar-refractivity contribution in [1.82, 2.24) is 26.2 Å². The third-order valence-electron chi connectivity index (χ3n) is 6.42. The zero-order chi connectivity index (χ0) is 33.6. The van der Waals surface area contributed by atoms with Gasteiger partial charge < -0.3 is 58.7 Å². The molecule has 5 atom stereocenters. The molecule has 246 valence electrons. The average Bonchev–Trinajstić information content (AvgIpc) is 3.44. The van der Waals surface area contributed by atoms with Gasteiger partial charge in [0.2, 0.25) is 41.4 Å². The number of likely N-dealkylation sites (tertiary alicyclic amines) is 1. The van der Waals surface area contributed by atoms with E-state index in [9.17, 15) is 53.4 Å². The second kappa shape index (κ2) is 18.0. The van der Waals surface area contributed by atoms with Crippen molar-refractivity contribution in [3.05, 3.63) is 0 Å². The maximum atomic E-state index is 13.4. The van der Waals surface area contributed by atoms with Gasteiger partial charge in [-0.05, 0) is 25.7 Å². The van der Waals surface area contributed by atoms with Crippen LogP contribution < -0.4 is 38.5 Å². The smallest absolute Gasteiger partial charge is 0.326 e. The van der Waals surface area contributed by atoms with Gasteiger partial charge >= 0.3 is 11.9 Å². The monoisotopic (exact) mass is 630 g/mol. The summed E-state index contributed by atoms with van der Waals surface area (Å²) >= 11 is 0. The third kappa shape index (κ3) is 12.6. The second-order valence-electron chi connectivity index (χ2n) is 9.89. The average molecular weight is 631 g/mol. The van der Waals surface area contributed by atoms with Crippen LogP contribution in [0.5, 0.6) is 0 Å². The molecule has 1 aliphatic rings. The normalized spacial score (nSPS) is 16.9. The molecule has 13 N–H and O–H groups in total. The van der Waals surface area contributed by atoms with Crippen LogP contribution in [-0.4, -0.2) is 123 Å². The number of nitrogens with two attached hydrogens (primary N) is 3. The van der Waals surface area contributed by atoms with Crippen LogP contribution in [0.1, 0.15) is 44.9 Å². The van der Waals surface area contributed by atoms with Gasteiger partial charge in [0.15, 0.2) is 0 Å². The van der Waals surface area contributed by atoms with Crippen LogP contribution >= 0.6 is 0 Å². The lowest BCUT2D eigenvalue weighted by atomic mass is 10.1. The topological polar surface area (TPSA) is 344 Å². The lowest BCUT2D eigenvalue weighted by Crippen LogP contribution is -2.57. The van der Waals surface area contributed by atoms with Crippen molar-refractivity contribution in [1.29, 1.82) is 0 Å². The van der Waals surface area contributed by atoms with Crippen LogP contribution in [0, 0.1) is 0 Å². The summed E-state index contributed by atoms with van der Waals surface area (Å²) in [6.07, 6.45) is -1.53. The quantitative estimate of drug-likeness (QED) is 0.0636. The maximum Gasteiger partial charge on any atom is 0.326 e. The maximum absolute atomic E-state index is 13.4. The van der Waals surface area contributed by atoms with Gasteiger partial charge in [-0.25, -0.2) is 4.79 Å². The standard InChI is InChI=1S/C24H38N8O12/c25-11(3-6-19(37)38)20(39)31-14(10-33)21(40)28-9-18(36)29-12(4-5-16(26)34)23(42)32-7-1-2-15(32)22(41)30-13(24(43)44)8-17(27)35/h11-15,33H,1-10,25H2,(H2,26,34)(H2,27,35)(H,28,40)(H,29,36)(H,30,41)(H,31,39)(H,37,38)(H,43,44)/t11-,12-,13-,14-,15-/m0/s1. The lowest BCUT2D eigenvalue weighted by molar-refractivity contribution is -0.146. The summed E-state index contributed by atoms with van der Waals surface area (Å²) in [6, 6.07) is -7.04. The van der Waals surface area contributed by atoms with Crippen molar-refractivity contribution in [2.45, 2.75) is 75.2 Å². The van der Waals surface area contributed by atoms with Crippen LogP contribution in [-0.2, 0) is 43.2 Å². The molecule has 0 spiro atoms. The molecule has 1 saturated heterocycles. The van der Waals surface area contributed by atoms with E-state index in [2.05, 4.69) is 21.3 Å². The van der Waals surface area contributed by atoms with Gasteiger partial charge in [0.1, 0.15) is 24.2 Å². The minimum absolute atomic E-state index is 0.0383. The number of hydrogen-bond acceptors (Lipinski definition) is 11. The first kappa shape index (κ1) is 37.2. The molecule has 44 heavy (non-hydrogen) atoms. The van der Waals surface area contributed by atoms with Gasteiger partial charge in [0, 0.05) is 19.4 Å². The molecular weight excluding hydrogens is 592 g/mol. The van der Waals surface area contributed by atoms with Crippen molar-refractivity contribution in [3.63, 3.8) is 0 Å². The number of nitrogens with one attached hydrogen (secondary N) is 4. The van der Waals surface area contributed by atoms with Crippen molar-refractivity contribution in [3.8, 4) is 0 Å². The van der Waals surface area contributed by atoms with E-state index in [1.54, 1.807) is 0 Å². The summed E-state index contributed by atoms with van der Waals surface area (Å²) < 4.78 is 0. The number of carboxylic acids is 2. The van der Waals surface area contributed by atoms with Gasteiger partial charge in [-0.3, -0.25) is 38.4 Å². The second-order valence-corrected chi connectivity index (χ2v) is 9.89. The van der Waals surface area contributed by atoms with Gasteiger partial charge in [-0.15, -0.1) is 0 Å². The highest BCUT2D eigenvalue weighted by molar-refractivity contribution is 5.96. The first-order valence-corrected chi connectivity index (χ1v) is 13.4. The fraction of sp³-hybridized carbons (Fsp3) is 0.625. The van der Waals surface area contributed by atoms with Gasteiger partial charge in [-0.1, -0.05) is 0 Å². The summed E-state index contributed by atoms with van der Waals surface area (Å²) in [4.78, 5) is 109. The molecule has 0 aromatic rings. The number of primary amides is 2. The first-order chi connectivity index (χ1) is 20.6. The fourth-order valence-electron chi connectivity index (χ4n) is 4.14. The molecule has 1 heterocycles. The van der Waals surface area contributed by atoms with Crippen LogP contribution in [0.25, 0.3) is 0 Å². The Bertz CT molecular complexity index is 1130. The third-order valence-corrected chi connectivity index (χ3v) is 6.42. The Balaban J connectivity index is 2.88. The predicted octanol–water partition coefficient (Wildman–Crippen LogP) is -6.04. The molecule has 0 aromatic carbocycles. The molecule has 7 amide bonds.